The van der Waals surface area contributed by atoms with Crippen molar-refractivity contribution in [2.45, 2.75) is 38.4 Å². The highest BCUT2D eigenvalue weighted by atomic mass is 35.5. The topological polar surface area (TPSA) is 135 Å². The lowest BCUT2D eigenvalue weighted by Crippen LogP contribution is -2.35. The molecule has 4 aromatic rings. The maximum Gasteiger partial charge on any atom is 0.237 e. The Balaban J connectivity index is 1.21. The minimum absolute atomic E-state index is 0.0235. The molecule has 2 amide bonds. The van der Waals surface area contributed by atoms with Gasteiger partial charge in [-0.3, -0.25) is 24.5 Å². The molecule has 2 fully saturated rings. The van der Waals surface area contributed by atoms with Gasteiger partial charge in [-0.1, -0.05) is 59.6 Å². The lowest BCUT2D eigenvalue weighted by Gasteiger charge is -2.19. The summed E-state index contributed by atoms with van der Waals surface area (Å²) in [6, 6.07) is 11.5. The number of methoxy groups -OCH3 is 2. The maximum absolute atomic E-state index is 12.5. The highest BCUT2D eigenvalue weighted by molar-refractivity contribution is 6.39. The van der Waals surface area contributed by atoms with E-state index in [-0.39, 0.29) is 23.8 Å². The third kappa shape index (κ3) is 7.68. The van der Waals surface area contributed by atoms with Gasteiger partial charge in [0, 0.05) is 75.0 Å². The fraction of sp³-hybridized carbons (Fsp3) is 0.389. The second-order valence-electron chi connectivity index (χ2n) is 12.6. The van der Waals surface area contributed by atoms with Crippen LogP contribution in [0.15, 0.2) is 48.8 Å². The molecule has 0 bridgehead atoms. The van der Waals surface area contributed by atoms with E-state index in [1.807, 2.05) is 36.4 Å². The lowest BCUT2D eigenvalue weighted by atomic mass is 9.98. The molecule has 4 heterocycles. The largest absolute Gasteiger partial charge is 0.480 e. The van der Waals surface area contributed by atoms with Gasteiger partial charge in [-0.05, 0) is 19.4 Å². The number of amides is 2. The number of hydrogen-bond donors (Lipinski definition) is 2. The summed E-state index contributed by atoms with van der Waals surface area (Å²) in [6.45, 7) is 3.05. The second-order valence-corrected chi connectivity index (χ2v) is 13.4. The number of carbonyl (C=O) groups excluding carboxylic acids is 2. The Labute approximate surface area is 301 Å². The monoisotopic (exact) mass is 718 g/mol. The van der Waals surface area contributed by atoms with Gasteiger partial charge >= 0.3 is 0 Å². The van der Waals surface area contributed by atoms with Crippen LogP contribution in [-0.4, -0.2) is 95.5 Å². The molecule has 2 atom stereocenters. The van der Waals surface area contributed by atoms with Crippen LogP contribution >= 0.6 is 23.2 Å². The third-order valence-electron chi connectivity index (χ3n) is 9.05. The number of likely N-dealkylation sites (tertiary alicyclic amines) is 1. The van der Waals surface area contributed by atoms with Crippen molar-refractivity contribution >= 4 is 35.0 Å². The van der Waals surface area contributed by atoms with Crippen LogP contribution in [0.5, 0.6) is 11.8 Å². The molecule has 2 aliphatic rings. The molecule has 2 N–H and O–H groups in total. The second kappa shape index (κ2) is 15.7. The van der Waals surface area contributed by atoms with Crippen molar-refractivity contribution in [2.75, 3.05) is 47.9 Å². The van der Waals surface area contributed by atoms with Crippen LogP contribution in [0.4, 0.5) is 0 Å². The van der Waals surface area contributed by atoms with Crippen LogP contribution in [0.2, 0.25) is 10.0 Å². The van der Waals surface area contributed by atoms with E-state index in [2.05, 4.69) is 20.5 Å². The van der Waals surface area contributed by atoms with Crippen LogP contribution in [0.3, 0.4) is 0 Å². The van der Waals surface area contributed by atoms with Gasteiger partial charge in [0.05, 0.1) is 54.0 Å². The van der Waals surface area contributed by atoms with Crippen molar-refractivity contribution in [1.29, 1.82) is 0 Å². The average molecular weight is 720 g/mol. The molecule has 0 radical (unpaired) electrons. The first kappa shape index (κ1) is 35.5. The van der Waals surface area contributed by atoms with E-state index >= 15 is 0 Å². The van der Waals surface area contributed by atoms with Gasteiger partial charge in [0.25, 0.3) is 0 Å². The number of carbonyl (C=O) groups is 2. The van der Waals surface area contributed by atoms with E-state index in [1.54, 1.807) is 45.6 Å². The molecule has 50 heavy (non-hydrogen) atoms. The Hall–Kier alpha value is -4.36. The van der Waals surface area contributed by atoms with Gasteiger partial charge in [-0.15, -0.1) is 0 Å². The summed E-state index contributed by atoms with van der Waals surface area (Å²) in [7, 11) is 6.70. The summed E-state index contributed by atoms with van der Waals surface area (Å²) < 4.78 is 11.2. The number of benzene rings is 2. The predicted octanol–water partition coefficient (Wildman–Crippen LogP) is 4.87. The maximum atomic E-state index is 12.5. The summed E-state index contributed by atoms with van der Waals surface area (Å²) in [5.41, 5.74) is 5.23. The zero-order valence-corrected chi connectivity index (χ0v) is 30.0. The summed E-state index contributed by atoms with van der Waals surface area (Å²) in [6.07, 6.45) is 5.54. The summed E-state index contributed by atoms with van der Waals surface area (Å²) in [5, 5.41) is 7.20. The lowest BCUT2D eigenvalue weighted by molar-refractivity contribution is -0.132. The highest BCUT2D eigenvalue weighted by Gasteiger charge is 2.30. The minimum atomic E-state index is -0.0235. The fourth-order valence-corrected chi connectivity index (χ4v) is 7.09. The van der Waals surface area contributed by atoms with E-state index < -0.39 is 0 Å². The van der Waals surface area contributed by atoms with Gasteiger partial charge in [0.15, 0.2) is 0 Å². The molecule has 2 aliphatic heterocycles. The van der Waals surface area contributed by atoms with Crippen molar-refractivity contribution in [3.8, 4) is 45.4 Å². The normalized spacial score (nSPS) is 17.5. The van der Waals surface area contributed by atoms with Crippen molar-refractivity contribution in [1.82, 2.24) is 40.4 Å². The zero-order chi connectivity index (χ0) is 35.4. The molecule has 1 unspecified atom stereocenters. The molecule has 2 aromatic heterocycles. The fourth-order valence-electron chi connectivity index (χ4n) is 6.44. The van der Waals surface area contributed by atoms with Gasteiger partial charge in [0.2, 0.25) is 23.6 Å². The van der Waals surface area contributed by atoms with Gasteiger partial charge in [0.1, 0.15) is 11.4 Å². The van der Waals surface area contributed by atoms with Crippen molar-refractivity contribution < 1.29 is 19.1 Å². The van der Waals surface area contributed by atoms with Gasteiger partial charge < -0.3 is 25.0 Å². The number of nitrogens with zero attached hydrogens (tertiary/aromatic N) is 6. The van der Waals surface area contributed by atoms with Gasteiger partial charge in [-0.25, -0.2) is 9.97 Å². The Bertz CT molecular complexity index is 1890. The molecule has 6 rings (SSSR count). The quantitative estimate of drug-likeness (QED) is 0.209. The van der Waals surface area contributed by atoms with E-state index in [4.69, 9.17) is 47.6 Å². The molecule has 0 saturated carbocycles. The van der Waals surface area contributed by atoms with E-state index in [0.717, 1.165) is 19.4 Å². The Morgan fingerprint density at radius 2 is 1.50 bits per heavy atom. The van der Waals surface area contributed by atoms with Gasteiger partial charge in [-0.2, -0.15) is 0 Å². The van der Waals surface area contributed by atoms with Crippen LogP contribution in [-0.2, 0) is 22.7 Å². The van der Waals surface area contributed by atoms with E-state index in [9.17, 15) is 9.59 Å². The first-order chi connectivity index (χ1) is 24.2. The number of rotatable bonds is 12. The molecule has 2 saturated heterocycles. The third-order valence-corrected chi connectivity index (χ3v) is 9.87. The Morgan fingerprint density at radius 3 is 2.06 bits per heavy atom. The predicted molar refractivity (Wildman–Crippen MR) is 192 cm³/mol. The Kier molecular flexibility index (Phi) is 11.1. The standard InChI is InChI=1S/C36H40Cl2N8O4/c1-45(2)36(48)21-13-14-46(19-21)20-30-35(50-4)44-28(18-41-30)26-10-6-8-24(33(26)38)23-7-5-9-25(32(23)37)27-17-40-29(34(43-27)49-3)16-39-15-22-11-12-31(47)42-22/h5-10,17-18,21-22,39H,11-16,19-20H2,1-4H3,(H,42,47)/t21?,22-/m0/s1. The summed E-state index contributed by atoms with van der Waals surface area (Å²) in [4.78, 5) is 46.7. The van der Waals surface area contributed by atoms with E-state index in [1.165, 1.54) is 0 Å². The summed E-state index contributed by atoms with van der Waals surface area (Å²) in [5.74, 6) is 0.988. The molecular weight excluding hydrogens is 679 g/mol. The first-order valence-corrected chi connectivity index (χ1v) is 17.2. The molecule has 262 valence electrons. The Morgan fingerprint density at radius 1 is 0.920 bits per heavy atom. The number of hydrogen-bond acceptors (Lipinski definition) is 10. The number of aromatic nitrogens is 4. The van der Waals surface area contributed by atoms with Crippen LogP contribution in [0.1, 0.15) is 30.7 Å². The van der Waals surface area contributed by atoms with Crippen molar-refractivity contribution in [3.63, 3.8) is 0 Å². The van der Waals surface area contributed by atoms with E-state index in [0.29, 0.717) is 99.4 Å². The smallest absolute Gasteiger partial charge is 0.237 e. The summed E-state index contributed by atoms with van der Waals surface area (Å²) >= 11 is 14.1. The zero-order valence-electron chi connectivity index (χ0n) is 28.5. The number of nitrogens with one attached hydrogen (secondary N) is 2. The molecular formula is C36H40Cl2N8O4. The number of ether oxygens (including phenoxy) is 2. The molecule has 14 heteroatoms. The molecule has 0 spiro atoms. The molecule has 12 nitrogen and oxygen atoms in total. The first-order valence-electron chi connectivity index (χ1n) is 16.5. The van der Waals surface area contributed by atoms with Crippen LogP contribution in [0.25, 0.3) is 33.6 Å². The van der Waals surface area contributed by atoms with Crippen molar-refractivity contribution in [3.05, 3.63) is 70.2 Å². The molecule has 2 aromatic carbocycles. The number of halogens is 2. The van der Waals surface area contributed by atoms with Crippen LogP contribution < -0.4 is 20.1 Å². The van der Waals surface area contributed by atoms with Crippen LogP contribution in [0, 0.1) is 5.92 Å². The molecule has 0 aliphatic carbocycles. The average Bonchev–Trinajstić information content (AvgIpc) is 3.77. The SMILES string of the molecule is COc1nc(-c2cccc(-c3cccc(-c4cnc(CN5CCC(C(=O)N(C)C)C5)c(OC)n4)c3Cl)c2Cl)cnc1CNC[C@@H]1CCC(=O)N1. The highest BCUT2D eigenvalue weighted by Crippen LogP contribution is 2.42. The van der Waals surface area contributed by atoms with Crippen molar-refractivity contribution in [2.24, 2.45) is 5.92 Å². The minimum Gasteiger partial charge on any atom is -0.480 e.